The number of thioether (sulfide) groups is 1. The number of nitrogens with one attached hydrogen (secondary N) is 2. The molecule has 2 fully saturated rings. The van der Waals surface area contributed by atoms with Gasteiger partial charge in [-0.3, -0.25) is 4.79 Å². The van der Waals surface area contributed by atoms with Gasteiger partial charge < -0.3 is 30.7 Å². The van der Waals surface area contributed by atoms with E-state index in [1.807, 2.05) is 30.3 Å². The van der Waals surface area contributed by atoms with E-state index in [4.69, 9.17) is 4.74 Å². The number of hydrogen-bond acceptors (Lipinski definition) is 7. The summed E-state index contributed by atoms with van der Waals surface area (Å²) in [4.78, 5) is 13.2. The van der Waals surface area contributed by atoms with E-state index in [9.17, 15) is 20.1 Å². The van der Waals surface area contributed by atoms with Crippen LogP contribution in [0.4, 0.5) is 0 Å². The molecule has 0 bridgehead atoms. The fraction of sp³-hybridized carbons (Fsp3) is 0.682. The molecule has 1 aromatic rings. The van der Waals surface area contributed by atoms with Gasteiger partial charge in [-0.1, -0.05) is 50.1 Å². The molecule has 8 heteroatoms. The van der Waals surface area contributed by atoms with Gasteiger partial charge >= 0.3 is 0 Å². The average Bonchev–Trinajstić information content (AvgIpc) is 2.77. The van der Waals surface area contributed by atoms with Gasteiger partial charge in [0.2, 0.25) is 5.91 Å². The summed E-state index contributed by atoms with van der Waals surface area (Å²) in [6, 6.07) is 8.37. The van der Waals surface area contributed by atoms with Gasteiger partial charge in [-0.15, -0.1) is 11.8 Å². The maximum atomic E-state index is 13.2. The molecule has 0 unspecified atom stereocenters. The number of hydrogen-bond donors (Lipinski definition) is 5. The van der Waals surface area contributed by atoms with Crippen LogP contribution in [-0.2, 0) is 9.53 Å². The Labute approximate surface area is 182 Å². The van der Waals surface area contributed by atoms with Crippen molar-refractivity contribution in [3.8, 4) is 0 Å². The van der Waals surface area contributed by atoms with E-state index in [0.29, 0.717) is 5.92 Å². The Kier molecular flexibility index (Phi) is 8.56. The quantitative estimate of drug-likeness (QED) is 0.435. The third kappa shape index (κ3) is 5.36. The maximum absolute atomic E-state index is 13.2. The number of ether oxygens (including phenoxy) is 1. The molecule has 7 nitrogen and oxygen atoms in total. The second kappa shape index (κ2) is 10.9. The van der Waals surface area contributed by atoms with Crippen LogP contribution in [0.5, 0.6) is 0 Å². The topological polar surface area (TPSA) is 111 Å². The van der Waals surface area contributed by atoms with E-state index >= 15 is 0 Å². The molecule has 30 heavy (non-hydrogen) atoms. The molecule has 168 valence electrons. The van der Waals surface area contributed by atoms with Crippen molar-refractivity contribution in [3.63, 3.8) is 0 Å². The highest BCUT2D eigenvalue weighted by Crippen LogP contribution is 2.34. The predicted molar refractivity (Wildman–Crippen MR) is 117 cm³/mol. The van der Waals surface area contributed by atoms with Crippen LogP contribution in [0.3, 0.4) is 0 Å². The Morgan fingerprint density at radius 2 is 1.97 bits per heavy atom. The smallest absolute Gasteiger partial charge is 0.237 e. The highest BCUT2D eigenvalue weighted by Gasteiger charge is 2.47. The van der Waals surface area contributed by atoms with Crippen LogP contribution in [0.1, 0.15) is 44.2 Å². The normalized spacial score (nSPS) is 35.6. The zero-order valence-electron chi connectivity index (χ0n) is 17.6. The number of benzene rings is 1. The lowest BCUT2D eigenvalue weighted by molar-refractivity contribution is -0.206. The Morgan fingerprint density at radius 3 is 2.63 bits per heavy atom. The highest BCUT2D eigenvalue weighted by molar-refractivity contribution is 7.99. The molecule has 0 aromatic heterocycles. The number of rotatable bonds is 7. The first-order valence-electron chi connectivity index (χ1n) is 10.8. The molecule has 8 atom stereocenters. The SMILES string of the molecule is CCC[C@@H]1CCN[C@H](C(=O)N[C@H](c2ccccc2)[C@H]2O[C@H](SC)[C@H](O)[C@@H](O)[C@H]2O)C1. The lowest BCUT2D eigenvalue weighted by Crippen LogP contribution is -2.61. The fourth-order valence-corrected chi connectivity index (χ4v) is 5.16. The number of carbonyl (C=O) groups is 1. The zero-order chi connectivity index (χ0) is 21.7. The summed E-state index contributed by atoms with van der Waals surface area (Å²) in [6.45, 7) is 2.97. The fourth-order valence-electron chi connectivity index (χ4n) is 4.48. The minimum absolute atomic E-state index is 0.137. The zero-order valence-corrected chi connectivity index (χ0v) is 18.4. The molecule has 2 aliphatic heterocycles. The number of piperidine rings is 1. The van der Waals surface area contributed by atoms with Gasteiger partial charge in [-0.25, -0.2) is 0 Å². The van der Waals surface area contributed by atoms with Crippen molar-refractivity contribution in [2.75, 3.05) is 12.8 Å². The number of aliphatic hydroxyl groups is 3. The van der Waals surface area contributed by atoms with Gasteiger partial charge in [-0.2, -0.15) is 0 Å². The molecule has 5 N–H and O–H groups in total. The van der Waals surface area contributed by atoms with Crippen molar-refractivity contribution in [3.05, 3.63) is 35.9 Å². The molecule has 3 rings (SSSR count). The van der Waals surface area contributed by atoms with Crippen molar-refractivity contribution < 1.29 is 24.9 Å². The Bertz CT molecular complexity index is 675. The molecule has 2 saturated heterocycles. The maximum Gasteiger partial charge on any atom is 0.237 e. The van der Waals surface area contributed by atoms with Crippen LogP contribution in [0.25, 0.3) is 0 Å². The third-order valence-corrected chi connectivity index (χ3v) is 7.00. The summed E-state index contributed by atoms with van der Waals surface area (Å²) in [6.07, 6.45) is 1.06. The summed E-state index contributed by atoms with van der Waals surface area (Å²) in [7, 11) is 0. The van der Waals surface area contributed by atoms with Gasteiger partial charge in [0, 0.05) is 0 Å². The standard InChI is InChI=1S/C22H34N2O5S/c1-3-7-13-10-11-23-15(12-13)21(28)24-16(14-8-5-4-6-9-14)20-18(26)17(25)19(27)22(29-20)30-2/h4-6,8-9,13,15-20,22-23,25-27H,3,7,10-12H2,1-2H3,(H,24,28)/t13-,15+,16-,17+,18-,19-,20-,22-/m1/s1. The molecule has 0 saturated carbocycles. The molecular weight excluding hydrogens is 404 g/mol. The van der Waals surface area contributed by atoms with Crippen LogP contribution >= 0.6 is 11.8 Å². The van der Waals surface area contributed by atoms with E-state index in [1.54, 1.807) is 6.26 Å². The Hall–Kier alpha value is -1.16. The second-order valence-electron chi connectivity index (χ2n) is 8.26. The molecule has 1 aromatic carbocycles. The minimum atomic E-state index is -1.36. The predicted octanol–water partition coefficient (Wildman–Crippen LogP) is 1.18. The summed E-state index contributed by atoms with van der Waals surface area (Å²) in [5.41, 5.74) is 0.0810. The van der Waals surface area contributed by atoms with Crippen LogP contribution in [0, 0.1) is 5.92 Å². The Morgan fingerprint density at radius 1 is 1.23 bits per heavy atom. The summed E-state index contributed by atoms with van der Waals surface area (Å²) in [5.74, 6) is 0.387. The van der Waals surface area contributed by atoms with Crippen molar-refractivity contribution in [1.82, 2.24) is 10.6 Å². The van der Waals surface area contributed by atoms with Gasteiger partial charge in [0.05, 0.1) is 12.1 Å². The van der Waals surface area contributed by atoms with Crippen molar-refractivity contribution in [2.24, 2.45) is 5.92 Å². The third-order valence-electron chi connectivity index (χ3n) is 6.15. The molecule has 2 aliphatic rings. The molecule has 0 aliphatic carbocycles. The number of carbonyl (C=O) groups excluding carboxylic acids is 1. The van der Waals surface area contributed by atoms with E-state index in [1.165, 1.54) is 11.8 Å². The van der Waals surface area contributed by atoms with E-state index in [-0.39, 0.29) is 11.9 Å². The largest absolute Gasteiger partial charge is 0.387 e. The van der Waals surface area contributed by atoms with Crippen molar-refractivity contribution in [1.29, 1.82) is 0 Å². The lowest BCUT2D eigenvalue weighted by atomic mass is 9.87. The molecular formula is C22H34N2O5S. The van der Waals surface area contributed by atoms with Gasteiger partial charge in [0.15, 0.2) is 0 Å². The number of aliphatic hydroxyl groups excluding tert-OH is 3. The van der Waals surface area contributed by atoms with Crippen LogP contribution < -0.4 is 10.6 Å². The highest BCUT2D eigenvalue weighted by atomic mass is 32.2. The van der Waals surface area contributed by atoms with Crippen LogP contribution in [-0.4, -0.2) is 69.9 Å². The second-order valence-corrected chi connectivity index (χ2v) is 9.20. The summed E-state index contributed by atoms with van der Waals surface area (Å²) < 4.78 is 5.96. The van der Waals surface area contributed by atoms with Crippen LogP contribution in [0.15, 0.2) is 30.3 Å². The minimum Gasteiger partial charge on any atom is -0.387 e. The lowest BCUT2D eigenvalue weighted by Gasteiger charge is -2.43. The molecule has 0 spiro atoms. The molecule has 1 amide bonds. The van der Waals surface area contributed by atoms with Gasteiger partial charge in [-0.05, 0) is 37.1 Å². The van der Waals surface area contributed by atoms with Gasteiger partial charge in [0.1, 0.15) is 29.9 Å². The average molecular weight is 439 g/mol. The Balaban J connectivity index is 1.80. The van der Waals surface area contributed by atoms with E-state index in [2.05, 4.69) is 17.6 Å². The summed E-state index contributed by atoms with van der Waals surface area (Å²) >= 11 is 1.26. The molecule has 2 heterocycles. The van der Waals surface area contributed by atoms with Crippen molar-refractivity contribution in [2.45, 2.75) is 74.5 Å². The van der Waals surface area contributed by atoms with Crippen LogP contribution in [0.2, 0.25) is 0 Å². The summed E-state index contributed by atoms with van der Waals surface area (Å²) in [5, 5.41) is 37.6. The van der Waals surface area contributed by atoms with E-state index < -0.39 is 35.9 Å². The first-order valence-corrected chi connectivity index (χ1v) is 12.1. The van der Waals surface area contributed by atoms with Crippen molar-refractivity contribution >= 4 is 17.7 Å². The molecule has 0 radical (unpaired) electrons. The first kappa shape index (κ1) is 23.5. The van der Waals surface area contributed by atoms with Gasteiger partial charge in [0.25, 0.3) is 0 Å². The monoisotopic (exact) mass is 438 g/mol. The first-order chi connectivity index (χ1) is 14.5. The number of amides is 1. The van der Waals surface area contributed by atoms with E-state index in [0.717, 1.165) is 37.8 Å².